The Morgan fingerprint density at radius 3 is 2.55 bits per heavy atom. The van der Waals surface area contributed by atoms with Crippen LogP contribution in [0.15, 0.2) is 24.3 Å². The largest absolute Gasteiger partial charge is 0.480 e. The average molecular weight is 407 g/mol. The average Bonchev–Trinajstić information content (AvgIpc) is 2.64. The Bertz CT molecular complexity index is 890. The number of hydrogen-bond donors (Lipinski definition) is 1. The summed E-state index contributed by atoms with van der Waals surface area (Å²) in [5, 5.41) is 2.83. The zero-order chi connectivity index (χ0) is 21.6. The van der Waals surface area contributed by atoms with Crippen LogP contribution in [0.3, 0.4) is 0 Å². The molecule has 1 N–H and O–H groups in total. The lowest BCUT2D eigenvalue weighted by Gasteiger charge is -2.17. The number of Topliss-reactive ketones (excluding diaryl/α,β-unsaturated/α-hetero) is 1. The molecule has 1 unspecified atom stereocenters. The van der Waals surface area contributed by atoms with E-state index in [9.17, 15) is 18.4 Å². The predicted molar refractivity (Wildman–Crippen MR) is 102 cm³/mol. The normalized spacial score (nSPS) is 11.8. The van der Waals surface area contributed by atoms with Crippen LogP contribution in [0.1, 0.15) is 47.2 Å². The minimum atomic E-state index is -2.64. The zero-order valence-corrected chi connectivity index (χ0v) is 16.7. The summed E-state index contributed by atoms with van der Waals surface area (Å²) in [6.45, 7) is 4.29. The number of carbonyl (C=O) groups excluding carboxylic acids is 2. The second-order valence-electron chi connectivity index (χ2n) is 6.52. The highest BCUT2D eigenvalue weighted by atomic mass is 19.3. The highest BCUT2D eigenvalue weighted by Gasteiger charge is 2.19. The molecule has 156 valence electrons. The number of aromatic nitrogens is 2. The molecule has 1 atom stereocenters. The molecule has 0 fully saturated rings. The predicted octanol–water partition coefficient (Wildman–Crippen LogP) is 3.06. The Hall–Kier alpha value is -3.10. The summed E-state index contributed by atoms with van der Waals surface area (Å²) in [6.07, 6.45) is -2.42. The molecule has 0 aliphatic heterocycles. The van der Waals surface area contributed by atoms with Crippen molar-refractivity contribution in [1.29, 1.82) is 0 Å². The van der Waals surface area contributed by atoms with Gasteiger partial charge >= 0.3 is 0 Å². The first-order chi connectivity index (χ1) is 13.7. The van der Waals surface area contributed by atoms with Gasteiger partial charge in [-0.1, -0.05) is 0 Å². The number of rotatable bonds is 9. The van der Waals surface area contributed by atoms with Gasteiger partial charge in [-0.25, -0.2) is 8.78 Å². The van der Waals surface area contributed by atoms with E-state index in [1.807, 2.05) is 13.0 Å². The van der Waals surface area contributed by atoms with Crippen molar-refractivity contribution in [2.24, 2.45) is 0 Å². The lowest BCUT2D eigenvalue weighted by molar-refractivity contribution is -0.116. The van der Waals surface area contributed by atoms with Crippen molar-refractivity contribution in [3.05, 3.63) is 46.8 Å². The summed E-state index contributed by atoms with van der Waals surface area (Å²) in [4.78, 5) is 32.3. The van der Waals surface area contributed by atoms with Crippen LogP contribution in [-0.2, 0) is 11.2 Å². The van der Waals surface area contributed by atoms with Gasteiger partial charge in [-0.2, -0.15) is 4.98 Å². The van der Waals surface area contributed by atoms with Crippen molar-refractivity contribution >= 4 is 11.7 Å². The number of carbonyl (C=O) groups is 2. The molecule has 0 bridgehead atoms. The molecule has 2 rings (SSSR count). The lowest BCUT2D eigenvalue weighted by Crippen LogP contribution is -2.27. The fraction of sp³-hybridized carbons (Fsp3) is 0.400. The van der Waals surface area contributed by atoms with E-state index in [0.29, 0.717) is 5.69 Å². The summed E-state index contributed by atoms with van der Waals surface area (Å²) >= 11 is 0. The molecule has 0 aliphatic rings. The number of amides is 1. The summed E-state index contributed by atoms with van der Waals surface area (Å²) in [6, 6.07) is 5.94. The number of nitrogens with zero attached hydrogens (tertiary/aromatic N) is 2. The monoisotopic (exact) mass is 407 g/mol. The summed E-state index contributed by atoms with van der Waals surface area (Å²) in [5.41, 5.74) is 2.30. The maximum absolute atomic E-state index is 12.7. The highest BCUT2D eigenvalue weighted by Crippen LogP contribution is 2.22. The van der Waals surface area contributed by atoms with E-state index in [1.54, 1.807) is 13.0 Å². The van der Waals surface area contributed by atoms with Gasteiger partial charge in [0.2, 0.25) is 11.8 Å². The number of hydrogen-bond acceptors (Lipinski definition) is 6. The second-order valence-corrected chi connectivity index (χ2v) is 6.52. The SMILES string of the molecule is COc1nc(OCC(F)F)ccc1C(=O)NC(C)c1cc(C)nc(CC(C)=O)c1. The van der Waals surface area contributed by atoms with Crippen LogP contribution in [0.5, 0.6) is 11.8 Å². The van der Waals surface area contributed by atoms with Crippen LogP contribution < -0.4 is 14.8 Å². The van der Waals surface area contributed by atoms with Crippen LogP contribution in [0.4, 0.5) is 8.78 Å². The van der Waals surface area contributed by atoms with Crippen molar-refractivity contribution in [3.63, 3.8) is 0 Å². The molecule has 29 heavy (non-hydrogen) atoms. The molecule has 2 aromatic heterocycles. The van der Waals surface area contributed by atoms with Gasteiger partial charge in [0.05, 0.1) is 13.2 Å². The number of methoxy groups -OCH3 is 1. The van der Waals surface area contributed by atoms with E-state index in [1.165, 1.54) is 26.2 Å². The zero-order valence-electron chi connectivity index (χ0n) is 16.7. The van der Waals surface area contributed by atoms with E-state index in [2.05, 4.69) is 15.3 Å². The molecule has 0 saturated heterocycles. The van der Waals surface area contributed by atoms with Crippen molar-refractivity contribution < 1.29 is 27.8 Å². The standard InChI is InChI=1S/C20H23F2N3O4/c1-11-7-14(9-15(23-11)8-12(2)26)13(3)24-19(27)16-5-6-18(25-20(16)28-4)29-10-17(21)22/h5-7,9,13,17H,8,10H2,1-4H3,(H,24,27). The number of pyridine rings is 2. The molecular formula is C20H23F2N3O4. The summed E-state index contributed by atoms with van der Waals surface area (Å²) in [7, 11) is 1.32. The van der Waals surface area contributed by atoms with E-state index < -0.39 is 18.9 Å². The third-order valence-corrected chi connectivity index (χ3v) is 3.94. The lowest BCUT2D eigenvalue weighted by atomic mass is 10.0. The maximum atomic E-state index is 12.7. The van der Waals surface area contributed by atoms with Gasteiger partial charge in [-0.3, -0.25) is 14.6 Å². The number of aryl methyl sites for hydroxylation is 1. The van der Waals surface area contributed by atoms with E-state index in [0.717, 1.165) is 11.3 Å². The summed E-state index contributed by atoms with van der Waals surface area (Å²) < 4.78 is 34.5. The smallest absolute Gasteiger partial charge is 0.272 e. The van der Waals surface area contributed by atoms with Gasteiger partial charge in [0.25, 0.3) is 12.3 Å². The van der Waals surface area contributed by atoms with Crippen LogP contribution in [0.25, 0.3) is 0 Å². The molecule has 0 saturated carbocycles. The number of halogens is 2. The van der Waals surface area contributed by atoms with Gasteiger partial charge in [0, 0.05) is 23.9 Å². The topological polar surface area (TPSA) is 90.4 Å². The fourth-order valence-corrected chi connectivity index (χ4v) is 2.70. The molecule has 0 spiro atoms. The molecule has 7 nitrogen and oxygen atoms in total. The quantitative estimate of drug-likeness (QED) is 0.687. The number of nitrogens with one attached hydrogen (secondary N) is 1. The highest BCUT2D eigenvalue weighted by molar-refractivity contribution is 5.96. The van der Waals surface area contributed by atoms with Crippen molar-refractivity contribution in [1.82, 2.24) is 15.3 Å². The Balaban J connectivity index is 2.17. The van der Waals surface area contributed by atoms with Crippen LogP contribution in [-0.4, -0.2) is 41.8 Å². The molecule has 0 aliphatic carbocycles. The van der Waals surface area contributed by atoms with Crippen molar-refractivity contribution in [2.75, 3.05) is 13.7 Å². The Morgan fingerprint density at radius 1 is 1.21 bits per heavy atom. The second kappa shape index (κ2) is 9.90. The molecule has 0 radical (unpaired) electrons. The minimum absolute atomic E-state index is 0.00398. The number of ketones is 1. The van der Waals surface area contributed by atoms with Crippen LogP contribution in [0.2, 0.25) is 0 Å². The molecule has 0 aromatic carbocycles. The third kappa shape index (κ3) is 6.48. The van der Waals surface area contributed by atoms with E-state index in [4.69, 9.17) is 9.47 Å². The Kier molecular flexibility index (Phi) is 7.58. The molecule has 2 heterocycles. The fourth-order valence-electron chi connectivity index (χ4n) is 2.70. The van der Waals surface area contributed by atoms with E-state index >= 15 is 0 Å². The van der Waals surface area contributed by atoms with Gasteiger partial charge in [0.15, 0.2) is 6.61 Å². The van der Waals surface area contributed by atoms with Gasteiger partial charge in [0.1, 0.15) is 11.3 Å². The van der Waals surface area contributed by atoms with E-state index in [-0.39, 0.29) is 35.6 Å². The van der Waals surface area contributed by atoms with Gasteiger partial charge in [-0.15, -0.1) is 0 Å². The van der Waals surface area contributed by atoms with Crippen LogP contribution >= 0.6 is 0 Å². The third-order valence-electron chi connectivity index (χ3n) is 3.94. The molecular weight excluding hydrogens is 384 g/mol. The Morgan fingerprint density at radius 2 is 1.93 bits per heavy atom. The number of ether oxygens (including phenoxy) is 2. The first kappa shape index (κ1) is 22.2. The van der Waals surface area contributed by atoms with Crippen LogP contribution in [0, 0.1) is 6.92 Å². The first-order valence-electron chi connectivity index (χ1n) is 8.93. The Labute approximate surface area is 167 Å². The summed E-state index contributed by atoms with van der Waals surface area (Å²) in [5.74, 6) is -0.560. The van der Waals surface area contributed by atoms with Gasteiger partial charge < -0.3 is 14.8 Å². The molecule has 2 aromatic rings. The van der Waals surface area contributed by atoms with Gasteiger partial charge in [-0.05, 0) is 44.5 Å². The first-order valence-corrected chi connectivity index (χ1v) is 8.93. The maximum Gasteiger partial charge on any atom is 0.272 e. The number of alkyl halides is 2. The van der Waals surface area contributed by atoms with Crippen molar-refractivity contribution in [3.8, 4) is 11.8 Å². The minimum Gasteiger partial charge on any atom is -0.480 e. The molecule has 1 amide bonds. The molecule has 9 heteroatoms. The van der Waals surface area contributed by atoms with Crippen molar-refractivity contribution in [2.45, 2.75) is 39.7 Å².